The fourth-order valence-electron chi connectivity index (χ4n) is 9.84. The van der Waals surface area contributed by atoms with Crippen molar-refractivity contribution in [1.82, 2.24) is 4.98 Å². The van der Waals surface area contributed by atoms with Crippen LogP contribution in [0.1, 0.15) is 22.3 Å². The second-order valence-corrected chi connectivity index (χ2v) is 16.8. The summed E-state index contributed by atoms with van der Waals surface area (Å²) in [6, 6.07) is 84.2. The van der Waals surface area contributed by atoms with Crippen molar-refractivity contribution in [2.24, 2.45) is 0 Å². The van der Waals surface area contributed by atoms with Gasteiger partial charge >= 0.3 is 0 Å². The summed E-state index contributed by atoms with van der Waals surface area (Å²) in [6.45, 7) is 0. The van der Waals surface area contributed by atoms with Crippen LogP contribution < -0.4 is 4.90 Å². The van der Waals surface area contributed by atoms with Gasteiger partial charge in [0, 0.05) is 26.7 Å². The highest BCUT2D eigenvalue weighted by atomic mass is 32.1. The first-order chi connectivity index (χ1) is 30.3. The van der Waals surface area contributed by atoms with Gasteiger partial charge in [-0.2, -0.15) is 0 Å². The maximum absolute atomic E-state index is 5.62. The molecule has 2 aromatic heterocycles. The SMILES string of the molecule is c1ccc(-c2ccc(N(c3ccc4c(n3)sc3c5ccccc5ccc43)c3cc4c(cc3-c3ccccc3)-c3ccccc3C4(c3ccccc3)c3ccccc3)cc2)cc1. The molecule has 0 bridgehead atoms. The number of pyridine rings is 1. The van der Waals surface area contributed by atoms with Gasteiger partial charge < -0.3 is 0 Å². The van der Waals surface area contributed by atoms with Crippen molar-refractivity contribution < 1.29 is 0 Å². The lowest BCUT2D eigenvalue weighted by molar-refractivity contribution is 0.768. The molecule has 0 atom stereocenters. The van der Waals surface area contributed by atoms with Crippen molar-refractivity contribution in [2.75, 3.05) is 4.90 Å². The van der Waals surface area contributed by atoms with E-state index < -0.39 is 5.41 Å². The lowest BCUT2D eigenvalue weighted by atomic mass is 9.67. The number of fused-ring (bicyclic) bond motifs is 8. The number of anilines is 3. The zero-order valence-corrected chi connectivity index (χ0v) is 34.1. The van der Waals surface area contributed by atoms with Crippen LogP contribution in [0.3, 0.4) is 0 Å². The fourth-order valence-corrected chi connectivity index (χ4v) is 11.0. The predicted octanol–water partition coefficient (Wildman–Crippen LogP) is 15.8. The number of benzene rings is 9. The molecule has 3 heteroatoms. The Bertz CT molecular complexity index is 3350. The lowest BCUT2D eigenvalue weighted by Crippen LogP contribution is -2.28. The molecule has 2 heterocycles. The Morgan fingerprint density at radius 3 is 1.70 bits per heavy atom. The minimum atomic E-state index is -0.564. The van der Waals surface area contributed by atoms with E-state index in [-0.39, 0.29) is 0 Å². The minimum Gasteiger partial charge on any atom is -0.294 e. The molecule has 0 spiro atoms. The monoisotopic (exact) mass is 794 g/mol. The molecule has 0 saturated carbocycles. The Kier molecular flexibility index (Phi) is 8.29. The molecule has 1 aliphatic carbocycles. The smallest absolute Gasteiger partial charge is 0.139 e. The number of rotatable bonds is 7. The summed E-state index contributed by atoms with van der Waals surface area (Å²) in [5.41, 5.74) is 13.7. The van der Waals surface area contributed by atoms with E-state index in [2.05, 4.69) is 235 Å². The van der Waals surface area contributed by atoms with Crippen LogP contribution in [0.15, 0.2) is 231 Å². The van der Waals surface area contributed by atoms with Gasteiger partial charge in [-0.25, -0.2) is 4.98 Å². The van der Waals surface area contributed by atoms with Gasteiger partial charge in [0.05, 0.1) is 11.1 Å². The molecule has 286 valence electrons. The zero-order valence-electron chi connectivity index (χ0n) is 33.2. The van der Waals surface area contributed by atoms with Crippen molar-refractivity contribution >= 4 is 59.6 Å². The third kappa shape index (κ3) is 5.59. The molecule has 1 aliphatic rings. The van der Waals surface area contributed by atoms with Crippen molar-refractivity contribution in [3.05, 3.63) is 253 Å². The van der Waals surface area contributed by atoms with Crippen LogP contribution in [-0.2, 0) is 5.41 Å². The van der Waals surface area contributed by atoms with Crippen molar-refractivity contribution in [1.29, 1.82) is 0 Å². The average Bonchev–Trinajstić information content (AvgIpc) is 3.86. The molecule has 0 aliphatic heterocycles. The summed E-state index contributed by atoms with van der Waals surface area (Å²) in [6.07, 6.45) is 0. The molecule has 0 amide bonds. The lowest BCUT2D eigenvalue weighted by Gasteiger charge is -2.35. The van der Waals surface area contributed by atoms with Gasteiger partial charge in [-0.1, -0.05) is 194 Å². The van der Waals surface area contributed by atoms with Crippen LogP contribution in [-0.4, -0.2) is 4.98 Å². The van der Waals surface area contributed by atoms with E-state index in [0.717, 1.165) is 33.1 Å². The minimum absolute atomic E-state index is 0.564. The Hall–Kier alpha value is -7.59. The highest BCUT2D eigenvalue weighted by molar-refractivity contribution is 7.26. The van der Waals surface area contributed by atoms with Crippen molar-refractivity contribution in [3.63, 3.8) is 0 Å². The topological polar surface area (TPSA) is 16.1 Å². The summed E-state index contributed by atoms with van der Waals surface area (Å²) < 4.78 is 1.27. The van der Waals surface area contributed by atoms with E-state index in [4.69, 9.17) is 4.98 Å². The molecule has 0 unspecified atom stereocenters. The van der Waals surface area contributed by atoms with E-state index in [1.165, 1.54) is 70.8 Å². The van der Waals surface area contributed by atoms with E-state index in [9.17, 15) is 0 Å². The van der Waals surface area contributed by atoms with Gasteiger partial charge in [0.1, 0.15) is 10.6 Å². The van der Waals surface area contributed by atoms with Gasteiger partial charge in [0.15, 0.2) is 0 Å². The second-order valence-electron chi connectivity index (χ2n) is 15.8. The summed E-state index contributed by atoms with van der Waals surface area (Å²) in [5.74, 6) is 0.869. The third-order valence-electron chi connectivity index (χ3n) is 12.6. The first-order valence-corrected chi connectivity index (χ1v) is 21.7. The predicted molar refractivity (Wildman–Crippen MR) is 257 cm³/mol. The van der Waals surface area contributed by atoms with Crippen molar-refractivity contribution in [3.8, 4) is 33.4 Å². The highest BCUT2D eigenvalue weighted by Crippen LogP contribution is 2.59. The molecule has 61 heavy (non-hydrogen) atoms. The van der Waals surface area contributed by atoms with Gasteiger partial charge in [-0.05, 0) is 97.2 Å². The van der Waals surface area contributed by atoms with Crippen LogP contribution >= 0.6 is 11.3 Å². The van der Waals surface area contributed by atoms with E-state index >= 15 is 0 Å². The number of hydrogen-bond acceptors (Lipinski definition) is 3. The van der Waals surface area contributed by atoms with Gasteiger partial charge in [-0.15, -0.1) is 11.3 Å². The first kappa shape index (κ1) is 35.4. The largest absolute Gasteiger partial charge is 0.294 e. The summed E-state index contributed by atoms with van der Waals surface area (Å²) in [4.78, 5) is 9.03. The van der Waals surface area contributed by atoms with Gasteiger partial charge in [0.2, 0.25) is 0 Å². The molecular formula is C58H38N2S. The van der Waals surface area contributed by atoms with Gasteiger partial charge in [-0.3, -0.25) is 4.90 Å². The Morgan fingerprint density at radius 2 is 0.984 bits per heavy atom. The fraction of sp³-hybridized carbons (Fsp3) is 0.0172. The molecular weight excluding hydrogens is 757 g/mol. The standard InChI is InChI=1S/C58H38N2S/c1-5-17-39(18-6-1)40-29-32-45(33-30-40)60(55-36-35-49-48-34-31-42-21-13-14-26-46(42)56(48)61-57(49)59-55)54-38-53-51(37-50(54)41-19-7-2-8-20-41)47-27-15-16-28-52(47)58(53,43-22-9-3-10-23-43)44-24-11-4-12-25-44/h1-38H. The normalized spacial score (nSPS) is 12.7. The van der Waals surface area contributed by atoms with Crippen LogP contribution in [0.4, 0.5) is 17.2 Å². The van der Waals surface area contributed by atoms with Crippen LogP contribution in [0.25, 0.3) is 64.5 Å². The molecule has 9 aromatic carbocycles. The maximum Gasteiger partial charge on any atom is 0.139 e. The van der Waals surface area contributed by atoms with Crippen molar-refractivity contribution in [2.45, 2.75) is 5.41 Å². The zero-order chi connectivity index (χ0) is 40.3. The highest BCUT2D eigenvalue weighted by Gasteiger charge is 2.47. The molecule has 0 N–H and O–H groups in total. The molecule has 2 nitrogen and oxygen atoms in total. The number of aromatic nitrogens is 1. The molecule has 0 radical (unpaired) electrons. The summed E-state index contributed by atoms with van der Waals surface area (Å²) >= 11 is 1.78. The Labute approximate surface area is 359 Å². The first-order valence-electron chi connectivity index (χ1n) is 20.9. The second kappa shape index (κ2) is 14.3. The van der Waals surface area contributed by atoms with Crippen LogP contribution in [0.5, 0.6) is 0 Å². The molecule has 0 saturated heterocycles. The molecule has 0 fully saturated rings. The van der Waals surface area contributed by atoms with E-state index in [1.54, 1.807) is 11.3 Å². The average molecular weight is 795 g/mol. The molecule has 11 aromatic rings. The number of nitrogens with zero attached hydrogens (tertiary/aromatic N) is 2. The Balaban J connectivity index is 1.17. The third-order valence-corrected chi connectivity index (χ3v) is 13.7. The summed E-state index contributed by atoms with van der Waals surface area (Å²) in [7, 11) is 0. The maximum atomic E-state index is 5.62. The van der Waals surface area contributed by atoms with Crippen LogP contribution in [0.2, 0.25) is 0 Å². The van der Waals surface area contributed by atoms with E-state index in [0.29, 0.717) is 0 Å². The Morgan fingerprint density at radius 1 is 0.393 bits per heavy atom. The van der Waals surface area contributed by atoms with E-state index in [1.807, 2.05) is 0 Å². The number of hydrogen-bond donors (Lipinski definition) is 0. The summed E-state index contributed by atoms with van der Waals surface area (Å²) in [5, 5.41) is 4.93. The molecule has 12 rings (SSSR count). The quantitative estimate of drug-likeness (QED) is 0.160. The number of thiophene rings is 1. The van der Waals surface area contributed by atoms with Crippen LogP contribution in [0, 0.1) is 0 Å². The van der Waals surface area contributed by atoms with Gasteiger partial charge in [0.25, 0.3) is 0 Å².